The number of carboxylic acids is 1. The predicted molar refractivity (Wildman–Crippen MR) is 131 cm³/mol. The van der Waals surface area contributed by atoms with Crippen molar-refractivity contribution < 1.29 is 14.3 Å². The van der Waals surface area contributed by atoms with Crippen molar-refractivity contribution in [1.82, 2.24) is 9.55 Å². The molecule has 1 saturated heterocycles. The molecule has 0 spiro atoms. The van der Waals surface area contributed by atoms with Crippen LogP contribution in [-0.2, 0) is 6.54 Å². The average molecular weight is 461 g/mol. The fraction of sp³-hybridized carbons (Fsp3) is 0.269. The minimum atomic E-state index is -1.28. The van der Waals surface area contributed by atoms with E-state index in [0.717, 1.165) is 18.5 Å². The largest absolute Gasteiger partial charge is 0.477 e. The maximum atomic E-state index is 15.3. The highest BCUT2D eigenvalue weighted by Crippen LogP contribution is 2.36. The Kier molecular flexibility index (Phi) is 5.65. The molecule has 0 amide bonds. The van der Waals surface area contributed by atoms with Crippen molar-refractivity contribution in [1.29, 1.82) is 0 Å². The lowest BCUT2D eigenvalue weighted by Gasteiger charge is -2.28. The molecule has 1 atom stereocenters. The van der Waals surface area contributed by atoms with Crippen LogP contribution in [0.3, 0.4) is 0 Å². The summed E-state index contributed by atoms with van der Waals surface area (Å²) in [5.41, 5.74) is 1.38. The number of rotatable bonds is 6. The van der Waals surface area contributed by atoms with Gasteiger partial charge in [-0.15, -0.1) is 0 Å². The van der Waals surface area contributed by atoms with Crippen LogP contribution in [0.5, 0.6) is 0 Å². The predicted octanol–water partition coefficient (Wildman–Crippen LogP) is 4.49. The smallest absolute Gasteiger partial charge is 0.341 e. The molecule has 4 aromatic rings. The molecular formula is C26H25FN4O3. The second kappa shape index (κ2) is 8.78. The van der Waals surface area contributed by atoms with E-state index in [2.05, 4.69) is 10.3 Å². The van der Waals surface area contributed by atoms with E-state index in [-0.39, 0.29) is 17.0 Å². The molecule has 34 heavy (non-hydrogen) atoms. The molecule has 2 aromatic heterocycles. The number of pyridine rings is 2. The van der Waals surface area contributed by atoms with Crippen LogP contribution in [0.2, 0.25) is 0 Å². The Morgan fingerprint density at radius 1 is 1.24 bits per heavy atom. The number of fused-ring (bicyclic) bond motifs is 3. The number of nitrogens with zero attached hydrogens (tertiary/aromatic N) is 3. The van der Waals surface area contributed by atoms with Crippen molar-refractivity contribution >= 4 is 39.1 Å². The third-order valence-electron chi connectivity index (χ3n) is 6.56. The summed E-state index contributed by atoms with van der Waals surface area (Å²) in [6.07, 6.45) is 4.70. The van der Waals surface area contributed by atoms with Gasteiger partial charge in [0.15, 0.2) is 0 Å². The van der Waals surface area contributed by atoms with Crippen molar-refractivity contribution in [3.05, 3.63) is 76.5 Å². The van der Waals surface area contributed by atoms with E-state index in [4.69, 9.17) is 0 Å². The van der Waals surface area contributed by atoms with Gasteiger partial charge in [0.1, 0.15) is 11.4 Å². The van der Waals surface area contributed by atoms with Crippen molar-refractivity contribution in [2.24, 2.45) is 0 Å². The van der Waals surface area contributed by atoms with Gasteiger partial charge in [0.05, 0.1) is 28.3 Å². The number of aryl methyl sites for hydroxylation is 1. The first-order valence-electron chi connectivity index (χ1n) is 11.4. The minimum absolute atomic E-state index is 0.0513. The van der Waals surface area contributed by atoms with E-state index in [1.165, 1.54) is 18.3 Å². The van der Waals surface area contributed by atoms with E-state index < -0.39 is 17.2 Å². The topological polar surface area (TPSA) is 87.5 Å². The van der Waals surface area contributed by atoms with Crippen LogP contribution in [0.15, 0.2) is 59.7 Å². The Labute approximate surface area is 195 Å². The Morgan fingerprint density at radius 3 is 2.76 bits per heavy atom. The summed E-state index contributed by atoms with van der Waals surface area (Å²) >= 11 is 0. The summed E-state index contributed by atoms with van der Waals surface area (Å²) in [6.45, 7) is 3.65. The molecular weight excluding hydrogens is 435 g/mol. The van der Waals surface area contributed by atoms with Crippen LogP contribution in [0.1, 0.15) is 30.1 Å². The Bertz CT molecular complexity index is 1450. The van der Waals surface area contributed by atoms with Gasteiger partial charge in [-0.3, -0.25) is 9.78 Å². The van der Waals surface area contributed by atoms with Crippen molar-refractivity contribution in [3.8, 4) is 0 Å². The molecule has 0 radical (unpaired) electrons. The van der Waals surface area contributed by atoms with Gasteiger partial charge in [-0.1, -0.05) is 18.2 Å². The number of hydrogen-bond acceptors (Lipinski definition) is 5. The summed E-state index contributed by atoms with van der Waals surface area (Å²) in [7, 11) is 0. The molecule has 7 nitrogen and oxygen atoms in total. The molecule has 3 heterocycles. The third kappa shape index (κ3) is 3.65. The number of para-hydroxylation sites is 1. The highest BCUT2D eigenvalue weighted by Gasteiger charge is 2.29. The highest BCUT2D eigenvalue weighted by atomic mass is 19.1. The van der Waals surface area contributed by atoms with E-state index >= 15 is 4.39 Å². The second-order valence-electron chi connectivity index (χ2n) is 8.51. The van der Waals surface area contributed by atoms with Crippen LogP contribution in [-0.4, -0.2) is 39.8 Å². The summed E-state index contributed by atoms with van der Waals surface area (Å²) in [5.74, 6) is -1.69. The van der Waals surface area contributed by atoms with Gasteiger partial charge in [0.2, 0.25) is 5.43 Å². The van der Waals surface area contributed by atoms with E-state index in [1.807, 2.05) is 42.2 Å². The molecule has 0 saturated carbocycles. The number of benzene rings is 2. The summed E-state index contributed by atoms with van der Waals surface area (Å²) in [4.78, 5) is 31.5. The Morgan fingerprint density at radius 2 is 2.03 bits per heavy atom. The fourth-order valence-electron chi connectivity index (χ4n) is 4.91. The summed E-state index contributed by atoms with van der Waals surface area (Å²) < 4.78 is 17.0. The van der Waals surface area contributed by atoms with Gasteiger partial charge >= 0.3 is 5.97 Å². The molecule has 0 bridgehead atoms. The standard InChI is InChI=1S/C26H25FN4O3/c1-2-30-15-19(26(33)34)25(32)22-18-10-11-20(27)24(23(18)29-14-21(22)30)31-12-6-9-17(31)13-28-16-7-4-3-5-8-16/h3-5,7-8,10-11,14-15,17,28H,2,6,9,12-13H2,1H3,(H,33,34)/t17-/m0/s1. The lowest BCUT2D eigenvalue weighted by atomic mass is 10.0. The molecule has 5 rings (SSSR count). The number of halogens is 1. The van der Waals surface area contributed by atoms with Crippen molar-refractivity contribution in [2.75, 3.05) is 23.3 Å². The normalized spacial score (nSPS) is 15.8. The third-order valence-corrected chi connectivity index (χ3v) is 6.56. The van der Waals surface area contributed by atoms with Crippen LogP contribution in [0.4, 0.5) is 15.8 Å². The molecule has 1 fully saturated rings. The van der Waals surface area contributed by atoms with E-state index in [0.29, 0.717) is 41.7 Å². The molecule has 0 unspecified atom stereocenters. The number of nitrogens with one attached hydrogen (secondary N) is 1. The van der Waals surface area contributed by atoms with E-state index in [1.54, 1.807) is 10.8 Å². The summed E-state index contributed by atoms with van der Waals surface area (Å²) in [5, 5.41) is 13.7. The molecule has 8 heteroatoms. The fourth-order valence-corrected chi connectivity index (χ4v) is 4.91. The molecule has 1 aliphatic rings. The molecule has 0 aliphatic carbocycles. The molecule has 1 aliphatic heterocycles. The number of aromatic nitrogens is 2. The zero-order valence-electron chi connectivity index (χ0n) is 18.8. The number of hydrogen-bond donors (Lipinski definition) is 2. The molecule has 2 N–H and O–H groups in total. The lowest BCUT2D eigenvalue weighted by Crippen LogP contribution is -2.35. The molecule has 2 aromatic carbocycles. The number of aromatic carboxylic acids is 1. The van der Waals surface area contributed by atoms with Gasteiger partial charge < -0.3 is 19.9 Å². The minimum Gasteiger partial charge on any atom is -0.477 e. The van der Waals surface area contributed by atoms with Gasteiger partial charge in [-0.05, 0) is 44.0 Å². The van der Waals surface area contributed by atoms with Gasteiger partial charge in [-0.25, -0.2) is 9.18 Å². The summed E-state index contributed by atoms with van der Waals surface area (Å²) in [6, 6.07) is 12.8. The number of carbonyl (C=O) groups is 1. The van der Waals surface area contributed by atoms with E-state index in [9.17, 15) is 14.7 Å². The van der Waals surface area contributed by atoms with Crippen molar-refractivity contribution in [3.63, 3.8) is 0 Å². The second-order valence-corrected chi connectivity index (χ2v) is 8.51. The first-order valence-corrected chi connectivity index (χ1v) is 11.4. The van der Waals surface area contributed by atoms with Crippen LogP contribution >= 0.6 is 0 Å². The van der Waals surface area contributed by atoms with Gasteiger partial charge in [-0.2, -0.15) is 0 Å². The number of carboxylic acid groups (broad SMARTS) is 1. The maximum absolute atomic E-state index is 15.3. The van der Waals surface area contributed by atoms with Crippen LogP contribution in [0, 0.1) is 5.82 Å². The first kappa shape index (κ1) is 21.9. The zero-order chi connectivity index (χ0) is 23.8. The van der Waals surface area contributed by atoms with Crippen molar-refractivity contribution in [2.45, 2.75) is 32.4 Å². The zero-order valence-corrected chi connectivity index (χ0v) is 18.8. The Hall–Kier alpha value is -3.94. The Balaban J connectivity index is 1.65. The average Bonchev–Trinajstić information content (AvgIpc) is 3.31. The molecule has 174 valence electrons. The highest BCUT2D eigenvalue weighted by molar-refractivity contribution is 6.09. The SMILES string of the molecule is CCn1cc(C(=O)O)c(=O)c2c3ccc(F)c(N4CCC[C@H]4CNc4ccccc4)c3ncc21. The van der Waals surface area contributed by atoms with Crippen LogP contribution < -0.4 is 15.6 Å². The van der Waals surface area contributed by atoms with Gasteiger partial charge in [0, 0.05) is 42.9 Å². The first-order chi connectivity index (χ1) is 16.5. The van der Waals surface area contributed by atoms with Crippen LogP contribution in [0.25, 0.3) is 21.8 Å². The quantitative estimate of drug-likeness (QED) is 0.413. The lowest BCUT2D eigenvalue weighted by molar-refractivity contribution is 0.0695. The number of anilines is 2. The monoisotopic (exact) mass is 460 g/mol. The van der Waals surface area contributed by atoms with Gasteiger partial charge in [0.25, 0.3) is 0 Å². The maximum Gasteiger partial charge on any atom is 0.341 e.